The van der Waals surface area contributed by atoms with Crippen LogP contribution in [0, 0.1) is 26.1 Å². The van der Waals surface area contributed by atoms with Crippen LogP contribution in [0.2, 0.25) is 0 Å². The number of alkyl carbamates (subject to hydrolysis) is 1. The number of aliphatic hydroxyl groups excluding tert-OH is 1. The molecule has 42 heavy (non-hydrogen) atoms. The topological polar surface area (TPSA) is 218 Å². The highest BCUT2D eigenvalue weighted by Crippen LogP contribution is 2.34. The minimum Gasteiger partial charge on any atom is -0.466 e. The summed E-state index contributed by atoms with van der Waals surface area (Å²) in [6.07, 6.45) is -3.08. The van der Waals surface area contributed by atoms with Crippen molar-refractivity contribution in [2.45, 2.75) is 51.8 Å². The largest absolute Gasteiger partial charge is 0.466 e. The summed E-state index contributed by atoms with van der Waals surface area (Å²) in [5, 5.41) is 35.4. The number of nitro benzene ring substituents is 2. The fraction of sp³-hybridized carbons (Fsp3) is 0.385. The SMILES string of the molecule is CC(=O)OCC[C@H]1[C@H](C(C)NC(=O)OCc2ccccc2[N+](=O)[O-])C(=O)N1C(O)C(=O)OCc1ccccc1[N+](=O)[O-]. The number of hydrogen-bond donors (Lipinski definition) is 2. The minimum absolute atomic E-state index is 0.0121. The van der Waals surface area contributed by atoms with Crippen molar-refractivity contribution in [3.8, 4) is 0 Å². The monoisotopic (exact) mass is 588 g/mol. The molecule has 2 aromatic rings. The summed E-state index contributed by atoms with van der Waals surface area (Å²) in [5.41, 5.74) is -0.318. The molecule has 2 aromatic carbocycles. The van der Waals surface area contributed by atoms with E-state index in [1.807, 2.05) is 0 Å². The summed E-state index contributed by atoms with van der Waals surface area (Å²) in [4.78, 5) is 71.2. The predicted octanol–water partition coefficient (Wildman–Crippen LogP) is 1.96. The highest BCUT2D eigenvalue weighted by atomic mass is 16.6. The molecule has 0 aromatic heterocycles. The zero-order valence-electron chi connectivity index (χ0n) is 22.5. The van der Waals surface area contributed by atoms with Gasteiger partial charge in [0.05, 0.1) is 39.5 Å². The summed E-state index contributed by atoms with van der Waals surface area (Å²) in [7, 11) is 0. The number of para-hydroxylation sites is 2. The maximum absolute atomic E-state index is 13.0. The number of carbonyl (C=O) groups excluding carboxylic acids is 4. The third-order valence-electron chi connectivity index (χ3n) is 6.49. The Morgan fingerprint density at radius 3 is 2.00 bits per heavy atom. The zero-order valence-corrected chi connectivity index (χ0v) is 22.5. The molecule has 4 atom stereocenters. The van der Waals surface area contributed by atoms with E-state index in [2.05, 4.69) is 5.32 Å². The van der Waals surface area contributed by atoms with Crippen molar-refractivity contribution in [1.29, 1.82) is 0 Å². The zero-order chi connectivity index (χ0) is 31.0. The Morgan fingerprint density at radius 1 is 0.952 bits per heavy atom. The third kappa shape index (κ3) is 7.54. The summed E-state index contributed by atoms with van der Waals surface area (Å²) in [6, 6.07) is 9.41. The number of rotatable bonds is 13. The minimum atomic E-state index is -2.09. The number of hydrogen-bond acceptors (Lipinski definition) is 12. The van der Waals surface area contributed by atoms with Gasteiger partial charge in [-0.25, -0.2) is 9.59 Å². The van der Waals surface area contributed by atoms with Crippen molar-refractivity contribution in [3.63, 3.8) is 0 Å². The first-order valence-corrected chi connectivity index (χ1v) is 12.6. The number of amides is 2. The Labute approximate surface area is 238 Å². The molecule has 1 fully saturated rings. The normalized spacial score (nSPS) is 17.3. The van der Waals surface area contributed by atoms with Crippen LogP contribution in [0.4, 0.5) is 16.2 Å². The third-order valence-corrected chi connectivity index (χ3v) is 6.49. The second-order valence-electron chi connectivity index (χ2n) is 9.23. The number of ether oxygens (including phenoxy) is 3. The van der Waals surface area contributed by atoms with Crippen molar-refractivity contribution in [2.24, 2.45) is 5.92 Å². The van der Waals surface area contributed by atoms with Gasteiger partial charge in [0.2, 0.25) is 12.1 Å². The van der Waals surface area contributed by atoms with Crippen molar-refractivity contribution >= 4 is 35.3 Å². The van der Waals surface area contributed by atoms with E-state index in [9.17, 15) is 44.5 Å². The Kier molecular flexibility index (Phi) is 10.5. The van der Waals surface area contributed by atoms with Crippen LogP contribution in [0.15, 0.2) is 48.5 Å². The first kappa shape index (κ1) is 31.4. The van der Waals surface area contributed by atoms with Crippen LogP contribution >= 0.6 is 0 Å². The van der Waals surface area contributed by atoms with Gasteiger partial charge >= 0.3 is 18.0 Å². The predicted molar refractivity (Wildman–Crippen MR) is 140 cm³/mol. The standard InChI is InChI=1S/C26H28N4O12/c1-15(27-26(35)42-14-18-8-4-6-10-20(18)30(38)39)22-21(11-12-40-16(2)31)28(23(22)32)24(33)25(34)41-13-17-7-3-5-9-19(17)29(36)37/h3-10,15,21-22,24,33H,11-14H2,1-2H3,(H,27,35)/t15?,21-,22-,24?/m0/s1. The Balaban J connectivity index is 1.65. The molecular weight excluding hydrogens is 560 g/mol. The van der Waals surface area contributed by atoms with Crippen LogP contribution in [-0.2, 0) is 41.8 Å². The molecular formula is C26H28N4O12. The second kappa shape index (κ2) is 14.0. The van der Waals surface area contributed by atoms with Crippen LogP contribution in [0.3, 0.4) is 0 Å². The number of β-lactam (4-membered cyclic amide) rings is 1. The van der Waals surface area contributed by atoms with E-state index in [0.29, 0.717) is 0 Å². The lowest BCUT2D eigenvalue weighted by Gasteiger charge is -2.50. The molecule has 16 nitrogen and oxygen atoms in total. The van der Waals surface area contributed by atoms with E-state index in [1.54, 1.807) is 6.07 Å². The van der Waals surface area contributed by atoms with Crippen LogP contribution in [0.1, 0.15) is 31.4 Å². The van der Waals surface area contributed by atoms with E-state index in [-0.39, 0.29) is 35.5 Å². The van der Waals surface area contributed by atoms with Crippen molar-refractivity contribution in [1.82, 2.24) is 10.2 Å². The lowest BCUT2D eigenvalue weighted by Crippen LogP contribution is -2.70. The number of esters is 2. The molecule has 1 saturated heterocycles. The molecule has 2 N–H and O–H groups in total. The Hall–Kier alpha value is -5.12. The number of nitro groups is 2. The van der Waals surface area contributed by atoms with Crippen molar-refractivity contribution < 1.29 is 48.3 Å². The van der Waals surface area contributed by atoms with Gasteiger partial charge in [-0.3, -0.25) is 29.8 Å². The molecule has 2 amide bonds. The maximum Gasteiger partial charge on any atom is 0.407 e. The van der Waals surface area contributed by atoms with Crippen LogP contribution in [-0.4, -0.2) is 68.7 Å². The summed E-state index contributed by atoms with van der Waals surface area (Å²) in [5.74, 6) is -3.55. The van der Waals surface area contributed by atoms with Gasteiger partial charge in [0.25, 0.3) is 11.4 Å². The van der Waals surface area contributed by atoms with Gasteiger partial charge in [-0.15, -0.1) is 0 Å². The number of aliphatic hydroxyl groups is 1. The van der Waals surface area contributed by atoms with Gasteiger partial charge < -0.3 is 29.5 Å². The van der Waals surface area contributed by atoms with Gasteiger partial charge in [-0.05, 0) is 19.1 Å². The Bertz CT molecular complexity index is 1370. The highest BCUT2D eigenvalue weighted by molar-refractivity contribution is 5.91. The number of likely N-dealkylation sites (tertiary alicyclic amines) is 1. The van der Waals surface area contributed by atoms with Gasteiger partial charge in [-0.1, -0.05) is 24.3 Å². The lowest BCUT2D eigenvalue weighted by atomic mass is 9.80. The number of nitrogens with one attached hydrogen (secondary N) is 1. The molecule has 2 unspecified atom stereocenters. The Morgan fingerprint density at radius 2 is 1.48 bits per heavy atom. The summed E-state index contributed by atoms with van der Waals surface area (Å²) >= 11 is 0. The summed E-state index contributed by atoms with van der Waals surface area (Å²) < 4.78 is 15.0. The fourth-order valence-electron chi connectivity index (χ4n) is 4.50. The van der Waals surface area contributed by atoms with E-state index in [4.69, 9.17) is 14.2 Å². The lowest BCUT2D eigenvalue weighted by molar-refractivity contribution is -0.386. The molecule has 1 aliphatic heterocycles. The number of nitrogens with zero attached hydrogens (tertiary/aromatic N) is 3. The van der Waals surface area contributed by atoms with Crippen LogP contribution in [0.25, 0.3) is 0 Å². The number of carbonyl (C=O) groups is 4. The molecule has 0 bridgehead atoms. The van der Waals surface area contributed by atoms with Gasteiger partial charge in [0, 0.05) is 31.5 Å². The first-order chi connectivity index (χ1) is 19.9. The van der Waals surface area contributed by atoms with E-state index < -0.39 is 71.2 Å². The second-order valence-corrected chi connectivity index (χ2v) is 9.23. The van der Waals surface area contributed by atoms with Crippen molar-refractivity contribution in [3.05, 3.63) is 79.9 Å². The van der Waals surface area contributed by atoms with E-state index in [0.717, 1.165) is 4.90 Å². The van der Waals surface area contributed by atoms with E-state index in [1.165, 1.54) is 56.3 Å². The first-order valence-electron chi connectivity index (χ1n) is 12.6. The van der Waals surface area contributed by atoms with E-state index >= 15 is 0 Å². The summed E-state index contributed by atoms with van der Waals surface area (Å²) in [6.45, 7) is 1.52. The molecule has 0 saturated carbocycles. The van der Waals surface area contributed by atoms with Gasteiger partial charge in [0.15, 0.2) is 0 Å². The number of benzene rings is 2. The molecule has 0 radical (unpaired) electrons. The van der Waals surface area contributed by atoms with Crippen molar-refractivity contribution in [2.75, 3.05) is 6.61 Å². The smallest absolute Gasteiger partial charge is 0.407 e. The molecule has 16 heteroatoms. The highest BCUT2D eigenvalue weighted by Gasteiger charge is 2.54. The van der Waals surface area contributed by atoms with Gasteiger partial charge in [0.1, 0.15) is 13.2 Å². The van der Waals surface area contributed by atoms with Gasteiger partial charge in [-0.2, -0.15) is 0 Å². The van der Waals surface area contributed by atoms with Crippen LogP contribution < -0.4 is 5.32 Å². The van der Waals surface area contributed by atoms with Crippen LogP contribution in [0.5, 0.6) is 0 Å². The maximum atomic E-state index is 13.0. The molecule has 0 spiro atoms. The fourth-order valence-corrected chi connectivity index (χ4v) is 4.50. The molecule has 1 aliphatic rings. The molecule has 0 aliphatic carbocycles. The molecule has 3 rings (SSSR count). The average molecular weight is 589 g/mol. The average Bonchev–Trinajstić information content (AvgIpc) is 2.94. The molecule has 1 heterocycles. The quantitative estimate of drug-likeness (QED) is 0.113. The molecule has 224 valence electrons.